The van der Waals surface area contributed by atoms with Gasteiger partial charge in [-0.3, -0.25) is 4.79 Å². The summed E-state index contributed by atoms with van der Waals surface area (Å²) < 4.78 is 26.9. The highest BCUT2D eigenvalue weighted by Crippen LogP contribution is 2.29. The molecule has 1 aliphatic rings. The van der Waals surface area contributed by atoms with Crippen molar-refractivity contribution in [3.8, 4) is 22.3 Å². The maximum atomic E-state index is 13.4. The molecule has 0 aliphatic carbocycles. The Kier molecular flexibility index (Phi) is 9.81. The molecule has 4 N–H and O–H groups in total. The van der Waals surface area contributed by atoms with E-state index in [0.717, 1.165) is 35.2 Å². The summed E-state index contributed by atoms with van der Waals surface area (Å²) >= 11 is 0. The predicted molar refractivity (Wildman–Crippen MR) is 142 cm³/mol. The van der Waals surface area contributed by atoms with Crippen molar-refractivity contribution in [2.45, 2.75) is 31.8 Å². The fraction of sp³-hybridized carbons (Fsp3) is 0.296. The summed E-state index contributed by atoms with van der Waals surface area (Å²) in [7, 11) is 0. The Labute approximate surface area is 217 Å². The topological polar surface area (TPSA) is 67.2 Å². The van der Waals surface area contributed by atoms with Crippen molar-refractivity contribution in [3.05, 3.63) is 83.9 Å². The van der Waals surface area contributed by atoms with Crippen LogP contribution in [0.5, 0.6) is 0 Å². The molecule has 2 atom stereocenters. The summed E-state index contributed by atoms with van der Waals surface area (Å²) in [5.41, 5.74) is 9.61. The van der Waals surface area contributed by atoms with Gasteiger partial charge >= 0.3 is 0 Å². The van der Waals surface area contributed by atoms with Gasteiger partial charge in [0, 0.05) is 30.2 Å². The van der Waals surface area contributed by atoms with Crippen LogP contribution in [0.15, 0.2) is 66.7 Å². The minimum absolute atomic E-state index is 0. The highest BCUT2D eigenvalue weighted by atomic mass is 35.5. The molecule has 1 heterocycles. The maximum Gasteiger partial charge on any atom is 0.251 e. The largest absolute Gasteiger partial charge is 0.350 e. The zero-order valence-electron chi connectivity index (χ0n) is 19.7. The summed E-state index contributed by atoms with van der Waals surface area (Å²) in [6, 6.07) is 17.9. The molecule has 1 fully saturated rings. The summed E-state index contributed by atoms with van der Waals surface area (Å²) in [6.07, 6.45) is 0.903. The van der Waals surface area contributed by atoms with Gasteiger partial charge in [-0.1, -0.05) is 24.3 Å². The fourth-order valence-corrected chi connectivity index (χ4v) is 4.24. The van der Waals surface area contributed by atoms with Crippen molar-refractivity contribution in [1.29, 1.82) is 0 Å². The standard InChI is InChI=1S/C27H29F2N3O.2ClH/c1-27(2,30)22-14-25(31-15-22)16-32-26(33)21-12-19(17-3-7-23(28)8-4-17)11-20(13-21)18-5-9-24(29)10-6-18;;/h3-13,22,25,31H,14-16,30H2,1-2H3,(H,32,33);2*1H/t22?,25-;;/m0../s1. The van der Waals surface area contributed by atoms with Crippen LogP contribution in [0, 0.1) is 17.6 Å². The molecule has 3 aromatic carbocycles. The van der Waals surface area contributed by atoms with E-state index < -0.39 is 0 Å². The van der Waals surface area contributed by atoms with Crippen LogP contribution in [-0.4, -0.2) is 30.6 Å². The third-order valence-corrected chi connectivity index (χ3v) is 6.33. The number of benzene rings is 3. The minimum Gasteiger partial charge on any atom is -0.350 e. The first-order valence-corrected chi connectivity index (χ1v) is 11.2. The van der Waals surface area contributed by atoms with Gasteiger partial charge in [0.1, 0.15) is 11.6 Å². The zero-order chi connectivity index (χ0) is 23.6. The van der Waals surface area contributed by atoms with E-state index in [1.165, 1.54) is 24.3 Å². The van der Waals surface area contributed by atoms with E-state index in [2.05, 4.69) is 10.6 Å². The first kappa shape index (κ1) is 28.7. The molecule has 35 heavy (non-hydrogen) atoms. The van der Waals surface area contributed by atoms with Crippen LogP contribution in [0.4, 0.5) is 8.78 Å². The Morgan fingerprint density at radius 2 is 1.40 bits per heavy atom. The van der Waals surface area contributed by atoms with Crippen LogP contribution in [0.2, 0.25) is 0 Å². The third kappa shape index (κ3) is 7.24. The number of nitrogens with one attached hydrogen (secondary N) is 2. The van der Waals surface area contributed by atoms with Crippen LogP contribution in [-0.2, 0) is 0 Å². The first-order valence-electron chi connectivity index (χ1n) is 11.2. The zero-order valence-corrected chi connectivity index (χ0v) is 21.3. The number of carbonyl (C=O) groups is 1. The van der Waals surface area contributed by atoms with Crippen molar-refractivity contribution < 1.29 is 13.6 Å². The lowest BCUT2D eigenvalue weighted by Gasteiger charge is -2.26. The second kappa shape index (κ2) is 12.0. The number of amides is 1. The van der Waals surface area contributed by atoms with E-state index in [4.69, 9.17) is 5.73 Å². The molecule has 4 nitrogen and oxygen atoms in total. The smallest absolute Gasteiger partial charge is 0.251 e. The van der Waals surface area contributed by atoms with Crippen LogP contribution < -0.4 is 16.4 Å². The second-order valence-electron chi connectivity index (χ2n) is 9.38. The van der Waals surface area contributed by atoms with Gasteiger partial charge in [0.15, 0.2) is 0 Å². The maximum absolute atomic E-state index is 13.4. The number of rotatable bonds is 6. The van der Waals surface area contributed by atoms with Gasteiger partial charge in [0.05, 0.1) is 0 Å². The normalized spacial score (nSPS) is 17.3. The Hall–Kier alpha value is -2.51. The van der Waals surface area contributed by atoms with Crippen LogP contribution in [0.3, 0.4) is 0 Å². The molecule has 1 saturated heterocycles. The van der Waals surface area contributed by atoms with Crippen molar-refractivity contribution in [3.63, 3.8) is 0 Å². The van der Waals surface area contributed by atoms with Crippen LogP contribution in [0.25, 0.3) is 22.3 Å². The number of halogens is 4. The van der Waals surface area contributed by atoms with Crippen LogP contribution >= 0.6 is 24.8 Å². The van der Waals surface area contributed by atoms with Gasteiger partial charge in [0.2, 0.25) is 0 Å². The molecule has 3 aromatic rings. The monoisotopic (exact) mass is 521 g/mol. The molecule has 188 valence electrons. The SMILES string of the molecule is CC(C)(N)C1CN[C@H](CNC(=O)c2cc(-c3ccc(F)cc3)cc(-c3ccc(F)cc3)c2)C1.Cl.Cl. The molecular formula is C27H31Cl2F2N3O. The molecule has 8 heteroatoms. The number of hydrogen-bond acceptors (Lipinski definition) is 3. The van der Waals surface area contributed by atoms with Gasteiger partial charge < -0.3 is 16.4 Å². The average molecular weight is 522 g/mol. The summed E-state index contributed by atoms with van der Waals surface area (Å²) in [4.78, 5) is 13.1. The molecule has 4 rings (SSSR count). The predicted octanol–water partition coefficient (Wildman–Crippen LogP) is 5.59. The fourth-order valence-electron chi connectivity index (χ4n) is 4.24. The number of carbonyl (C=O) groups excluding carboxylic acids is 1. The molecule has 1 amide bonds. The number of hydrogen-bond donors (Lipinski definition) is 3. The Morgan fingerprint density at radius 3 is 1.83 bits per heavy atom. The highest BCUT2D eigenvalue weighted by molar-refractivity contribution is 5.97. The quantitative estimate of drug-likeness (QED) is 0.396. The van der Waals surface area contributed by atoms with Gasteiger partial charge in [-0.2, -0.15) is 0 Å². The van der Waals surface area contributed by atoms with E-state index >= 15 is 0 Å². The first-order chi connectivity index (χ1) is 15.7. The third-order valence-electron chi connectivity index (χ3n) is 6.33. The van der Waals surface area contributed by atoms with E-state index in [0.29, 0.717) is 18.0 Å². The van der Waals surface area contributed by atoms with E-state index in [9.17, 15) is 13.6 Å². The highest BCUT2D eigenvalue weighted by Gasteiger charge is 2.33. The summed E-state index contributed by atoms with van der Waals surface area (Å²) in [6.45, 7) is 5.38. The van der Waals surface area contributed by atoms with Gasteiger partial charge in [-0.05, 0) is 90.9 Å². The Balaban J connectivity index is 0.00000216. The molecule has 0 aromatic heterocycles. The van der Waals surface area contributed by atoms with Crippen molar-refractivity contribution >= 4 is 30.7 Å². The van der Waals surface area contributed by atoms with Crippen LogP contribution in [0.1, 0.15) is 30.6 Å². The van der Waals surface area contributed by atoms with Gasteiger partial charge in [-0.15, -0.1) is 24.8 Å². The average Bonchev–Trinajstić information content (AvgIpc) is 3.28. The molecule has 0 spiro atoms. The summed E-state index contributed by atoms with van der Waals surface area (Å²) in [5.74, 6) is -0.491. The Morgan fingerprint density at radius 1 is 0.914 bits per heavy atom. The van der Waals surface area contributed by atoms with E-state index in [-0.39, 0.29) is 53.9 Å². The molecule has 1 aliphatic heterocycles. The lowest BCUT2D eigenvalue weighted by atomic mass is 9.86. The molecule has 0 bridgehead atoms. The minimum atomic E-state index is -0.325. The molecule has 0 saturated carbocycles. The molecule has 1 unspecified atom stereocenters. The summed E-state index contributed by atoms with van der Waals surface area (Å²) in [5, 5.41) is 6.47. The lowest BCUT2D eigenvalue weighted by molar-refractivity contribution is 0.0950. The number of nitrogens with two attached hydrogens (primary N) is 1. The van der Waals surface area contributed by atoms with Gasteiger partial charge in [0.25, 0.3) is 5.91 Å². The van der Waals surface area contributed by atoms with Crippen molar-refractivity contribution in [2.24, 2.45) is 11.7 Å². The Bertz CT molecular complexity index is 1070. The van der Waals surface area contributed by atoms with E-state index in [1.807, 2.05) is 19.9 Å². The molecule has 0 radical (unpaired) electrons. The van der Waals surface area contributed by atoms with Crippen molar-refractivity contribution in [2.75, 3.05) is 13.1 Å². The lowest BCUT2D eigenvalue weighted by Crippen LogP contribution is -2.41. The van der Waals surface area contributed by atoms with E-state index in [1.54, 1.807) is 36.4 Å². The molecular weight excluding hydrogens is 491 g/mol. The van der Waals surface area contributed by atoms with Crippen molar-refractivity contribution in [1.82, 2.24) is 10.6 Å². The van der Waals surface area contributed by atoms with Gasteiger partial charge in [-0.25, -0.2) is 8.78 Å². The second-order valence-corrected chi connectivity index (χ2v) is 9.38.